The van der Waals surface area contributed by atoms with Crippen LogP contribution in [0.4, 0.5) is 5.69 Å². The molecule has 0 aliphatic carbocycles. The van der Waals surface area contributed by atoms with Crippen LogP contribution in [-0.4, -0.2) is 27.5 Å². The lowest BCUT2D eigenvalue weighted by molar-refractivity contribution is -0.384. The Balaban J connectivity index is 1.54. The molecule has 1 N–H and O–H groups in total. The van der Waals surface area contributed by atoms with Crippen LogP contribution in [0.3, 0.4) is 0 Å². The van der Waals surface area contributed by atoms with Crippen molar-refractivity contribution < 1.29 is 18.9 Å². The van der Waals surface area contributed by atoms with Crippen LogP contribution < -0.4 is 15.8 Å². The van der Waals surface area contributed by atoms with E-state index in [1.165, 1.54) is 29.9 Å². The summed E-state index contributed by atoms with van der Waals surface area (Å²) < 4.78 is 11.4. The maximum absolute atomic E-state index is 12.0. The summed E-state index contributed by atoms with van der Waals surface area (Å²) in [5, 5.41) is 13.6. The first-order valence-electron chi connectivity index (χ1n) is 8.51. The quantitative estimate of drug-likeness (QED) is 0.463. The summed E-state index contributed by atoms with van der Waals surface area (Å²) in [5.74, 6) is -0.272. The number of amides is 1. The second kappa shape index (κ2) is 8.33. The van der Waals surface area contributed by atoms with E-state index in [1.807, 2.05) is 6.07 Å². The Bertz CT molecular complexity index is 1050. The topological polar surface area (TPSA) is 130 Å². The fraction of sp³-hybridized carbons (Fsp3) is 0.278. The SMILES string of the molecule is COc1ccc(CNC(=O)CCCn2c(=O)oc3cc([N+](=O)[O-])ccc32)cn1. The van der Waals surface area contributed by atoms with Crippen LogP contribution in [0.2, 0.25) is 0 Å². The molecule has 3 rings (SSSR count). The van der Waals surface area contributed by atoms with Gasteiger partial charge in [-0.15, -0.1) is 0 Å². The van der Waals surface area contributed by atoms with E-state index in [9.17, 15) is 19.7 Å². The Morgan fingerprint density at radius 1 is 1.36 bits per heavy atom. The highest BCUT2D eigenvalue weighted by Gasteiger charge is 2.14. The molecule has 0 spiro atoms. The summed E-state index contributed by atoms with van der Waals surface area (Å²) in [6.07, 6.45) is 2.25. The third-order valence-corrected chi connectivity index (χ3v) is 4.14. The van der Waals surface area contributed by atoms with Crippen LogP contribution in [0.25, 0.3) is 11.1 Å². The molecule has 0 radical (unpaired) electrons. The Kier molecular flexibility index (Phi) is 5.68. The summed E-state index contributed by atoms with van der Waals surface area (Å²) in [7, 11) is 1.53. The lowest BCUT2D eigenvalue weighted by Gasteiger charge is -2.06. The van der Waals surface area contributed by atoms with Crippen molar-refractivity contribution in [3.05, 3.63) is 62.8 Å². The number of hydrogen-bond acceptors (Lipinski definition) is 7. The maximum atomic E-state index is 12.0. The van der Waals surface area contributed by atoms with Crippen molar-refractivity contribution in [2.45, 2.75) is 25.9 Å². The number of aromatic nitrogens is 2. The molecule has 0 bridgehead atoms. The van der Waals surface area contributed by atoms with Gasteiger partial charge < -0.3 is 14.5 Å². The zero-order valence-corrected chi connectivity index (χ0v) is 15.1. The molecule has 2 aromatic heterocycles. The van der Waals surface area contributed by atoms with E-state index in [0.717, 1.165) is 5.56 Å². The van der Waals surface area contributed by atoms with Crippen molar-refractivity contribution in [3.63, 3.8) is 0 Å². The van der Waals surface area contributed by atoms with E-state index < -0.39 is 10.7 Å². The lowest BCUT2D eigenvalue weighted by atomic mass is 10.2. The van der Waals surface area contributed by atoms with E-state index in [0.29, 0.717) is 24.4 Å². The van der Waals surface area contributed by atoms with Gasteiger partial charge in [0, 0.05) is 37.8 Å². The smallest absolute Gasteiger partial charge is 0.419 e. The predicted octanol–water partition coefficient (Wildman–Crippen LogP) is 2.00. The van der Waals surface area contributed by atoms with Gasteiger partial charge in [0.05, 0.1) is 23.6 Å². The van der Waals surface area contributed by atoms with Crippen LogP contribution in [0.1, 0.15) is 18.4 Å². The third-order valence-electron chi connectivity index (χ3n) is 4.14. The Labute approximate surface area is 158 Å². The van der Waals surface area contributed by atoms with Gasteiger partial charge in [-0.05, 0) is 18.1 Å². The van der Waals surface area contributed by atoms with Crippen molar-refractivity contribution >= 4 is 22.7 Å². The van der Waals surface area contributed by atoms with Crippen molar-refractivity contribution in [3.8, 4) is 5.88 Å². The fourth-order valence-electron chi connectivity index (χ4n) is 2.70. The summed E-state index contributed by atoms with van der Waals surface area (Å²) in [6.45, 7) is 0.606. The second-order valence-corrected chi connectivity index (χ2v) is 6.02. The predicted molar refractivity (Wildman–Crippen MR) is 99.0 cm³/mol. The first-order chi connectivity index (χ1) is 13.5. The largest absolute Gasteiger partial charge is 0.481 e. The molecule has 2 heterocycles. The number of aryl methyl sites for hydroxylation is 1. The number of oxazole rings is 1. The van der Waals surface area contributed by atoms with E-state index in [-0.39, 0.29) is 30.1 Å². The Hall–Kier alpha value is -3.69. The number of nitro benzene ring substituents is 1. The van der Waals surface area contributed by atoms with Crippen molar-refractivity contribution in [1.29, 1.82) is 0 Å². The van der Waals surface area contributed by atoms with Gasteiger partial charge in [0.1, 0.15) is 0 Å². The highest BCUT2D eigenvalue weighted by atomic mass is 16.6. The first-order valence-corrected chi connectivity index (χ1v) is 8.51. The van der Waals surface area contributed by atoms with E-state index in [1.54, 1.807) is 12.3 Å². The van der Waals surface area contributed by atoms with Crippen LogP contribution in [0.5, 0.6) is 5.88 Å². The van der Waals surface area contributed by atoms with Gasteiger partial charge in [0.15, 0.2) is 5.58 Å². The average Bonchev–Trinajstić information content (AvgIpc) is 3.01. The molecule has 10 heteroatoms. The molecule has 1 amide bonds. The van der Waals surface area contributed by atoms with Gasteiger partial charge in [-0.2, -0.15) is 0 Å². The third kappa shape index (κ3) is 4.34. The number of nitrogens with zero attached hydrogens (tertiary/aromatic N) is 3. The number of nitro groups is 1. The molecule has 10 nitrogen and oxygen atoms in total. The molecule has 28 heavy (non-hydrogen) atoms. The minimum atomic E-state index is -0.611. The second-order valence-electron chi connectivity index (χ2n) is 6.02. The highest BCUT2D eigenvalue weighted by molar-refractivity contribution is 5.76. The number of carbonyl (C=O) groups excluding carboxylic acids is 1. The van der Waals surface area contributed by atoms with Gasteiger partial charge in [-0.3, -0.25) is 19.5 Å². The molecular formula is C18H18N4O6. The van der Waals surface area contributed by atoms with E-state index in [2.05, 4.69) is 10.3 Å². The van der Waals surface area contributed by atoms with Crippen LogP contribution in [0.15, 0.2) is 45.7 Å². The fourth-order valence-corrected chi connectivity index (χ4v) is 2.70. The van der Waals surface area contributed by atoms with Gasteiger partial charge in [0.25, 0.3) is 5.69 Å². The first kappa shape index (κ1) is 19.1. The van der Waals surface area contributed by atoms with Crippen molar-refractivity contribution in [2.24, 2.45) is 0 Å². The number of carbonyl (C=O) groups is 1. The minimum absolute atomic E-state index is 0.149. The van der Waals surface area contributed by atoms with Crippen LogP contribution >= 0.6 is 0 Å². The van der Waals surface area contributed by atoms with Crippen molar-refractivity contribution in [2.75, 3.05) is 7.11 Å². The molecule has 146 valence electrons. The molecule has 0 aliphatic heterocycles. The number of benzene rings is 1. The molecule has 3 aromatic rings. The van der Waals surface area contributed by atoms with Crippen LogP contribution in [0, 0.1) is 10.1 Å². The molecule has 0 atom stereocenters. The highest BCUT2D eigenvalue weighted by Crippen LogP contribution is 2.20. The standard InChI is InChI=1S/C18H18N4O6/c1-27-17-7-4-12(11-20-17)10-19-16(23)3-2-8-21-14-6-5-13(22(25)26)9-15(14)28-18(21)24/h4-7,9,11H,2-3,8,10H2,1H3,(H,19,23). The average molecular weight is 386 g/mol. The zero-order valence-electron chi connectivity index (χ0n) is 15.1. The molecule has 0 saturated carbocycles. The molecule has 0 saturated heterocycles. The molecule has 0 unspecified atom stereocenters. The monoisotopic (exact) mass is 386 g/mol. The van der Waals surface area contributed by atoms with E-state index >= 15 is 0 Å². The minimum Gasteiger partial charge on any atom is -0.481 e. The normalized spacial score (nSPS) is 10.8. The number of nitrogens with one attached hydrogen (secondary N) is 1. The molecule has 0 aliphatic rings. The van der Waals surface area contributed by atoms with E-state index in [4.69, 9.17) is 9.15 Å². The van der Waals surface area contributed by atoms with Gasteiger partial charge >= 0.3 is 5.76 Å². The van der Waals surface area contributed by atoms with Gasteiger partial charge in [-0.1, -0.05) is 6.07 Å². The zero-order chi connectivity index (χ0) is 20.1. The molecule has 0 fully saturated rings. The number of rotatable bonds is 8. The summed E-state index contributed by atoms with van der Waals surface area (Å²) in [6, 6.07) is 7.51. The number of fused-ring (bicyclic) bond motifs is 1. The summed E-state index contributed by atoms with van der Waals surface area (Å²) in [5.41, 5.74) is 1.30. The van der Waals surface area contributed by atoms with Crippen LogP contribution in [-0.2, 0) is 17.9 Å². The number of hydrogen-bond donors (Lipinski definition) is 1. The van der Waals surface area contributed by atoms with Gasteiger partial charge in [0.2, 0.25) is 11.8 Å². The van der Waals surface area contributed by atoms with Crippen molar-refractivity contribution in [1.82, 2.24) is 14.9 Å². The number of methoxy groups -OCH3 is 1. The molecular weight excluding hydrogens is 368 g/mol. The Morgan fingerprint density at radius 2 is 2.18 bits per heavy atom. The summed E-state index contributed by atoms with van der Waals surface area (Å²) >= 11 is 0. The number of pyridine rings is 1. The number of ether oxygens (including phenoxy) is 1. The maximum Gasteiger partial charge on any atom is 0.419 e. The summed E-state index contributed by atoms with van der Waals surface area (Å²) in [4.78, 5) is 38.3. The Morgan fingerprint density at radius 3 is 2.86 bits per heavy atom. The molecule has 1 aromatic carbocycles. The van der Waals surface area contributed by atoms with Gasteiger partial charge in [-0.25, -0.2) is 9.78 Å². The number of non-ortho nitro benzene ring substituents is 1. The lowest BCUT2D eigenvalue weighted by Crippen LogP contribution is -2.23.